The summed E-state index contributed by atoms with van der Waals surface area (Å²) < 4.78 is 81.6. The summed E-state index contributed by atoms with van der Waals surface area (Å²) in [6, 6.07) is 3.35. The van der Waals surface area contributed by atoms with E-state index in [9.17, 15) is 31.1 Å². The quantitative estimate of drug-likeness (QED) is 0.854. The van der Waals surface area contributed by atoms with Gasteiger partial charge in [-0.3, -0.25) is 4.79 Å². The van der Waals surface area contributed by atoms with Gasteiger partial charge in [-0.1, -0.05) is 0 Å². The fraction of sp³-hybridized carbons (Fsp3) is 0.143. The Morgan fingerprint density at radius 3 is 2.12 bits per heavy atom. The van der Waals surface area contributed by atoms with Gasteiger partial charge in [0, 0.05) is 11.8 Å². The maximum Gasteiger partial charge on any atom is 0.458 e. The van der Waals surface area contributed by atoms with Crippen LogP contribution in [0.5, 0.6) is 11.6 Å². The average molecular weight is 350 g/mol. The number of aromatic nitrogens is 1. The second-order valence-electron chi connectivity index (χ2n) is 4.57. The molecule has 0 saturated heterocycles. The van der Waals surface area contributed by atoms with Crippen molar-refractivity contribution in [1.82, 2.24) is 4.98 Å². The van der Waals surface area contributed by atoms with E-state index >= 15 is 0 Å². The maximum atomic E-state index is 13.7. The molecule has 0 unspecified atom stereocenters. The van der Waals surface area contributed by atoms with E-state index in [2.05, 4.69) is 4.98 Å². The van der Waals surface area contributed by atoms with Gasteiger partial charge in [-0.05, 0) is 30.3 Å². The van der Waals surface area contributed by atoms with Gasteiger partial charge in [0.2, 0.25) is 5.91 Å². The lowest BCUT2D eigenvalue weighted by atomic mass is 10.1. The number of primary amides is 1. The van der Waals surface area contributed by atoms with Crippen molar-refractivity contribution in [3.05, 3.63) is 53.5 Å². The molecule has 4 nitrogen and oxygen atoms in total. The van der Waals surface area contributed by atoms with Crippen molar-refractivity contribution in [2.45, 2.75) is 12.1 Å². The van der Waals surface area contributed by atoms with E-state index in [1.54, 1.807) is 0 Å². The molecule has 0 aliphatic rings. The monoisotopic (exact) mass is 350 g/mol. The van der Waals surface area contributed by atoms with Crippen LogP contribution in [0.15, 0.2) is 36.5 Å². The molecule has 0 atom stereocenters. The van der Waals surface area contributed by atoms with Gasteiger partial charge in [-0.25, -0.2) is 9.37 Å². The molecule has 0 spiro atoms. The van der Waals surface area contributed by atoms with Crippen molar-refractivity contribution >= 4 is 5.91 Å². The number of carbonyl (C=O) groups is 1. The second kappa shape index (κ2) is 6.02. The highest BCUT2D eigenvalue weighted by molar-refractivity contribution is 5.92. The fourth-order valence-electron chi connectivity index (χ4n) is 1.64. The third kappa shape index (κ3) is 3.42. The Morgan fingerprint density at radius 1 is 1.08 bits per heavy atom. The van der Waals surface area contributed by atoms with E-state index in [0.29, 0.717) is 12.1 Å². The highest BCUT2D eigenvalue weighted by atomic mass is 19.4. The Balaban J connectivity index is 2.22. The first-order valence-electron chi connectivity index (χ1n) is 6.20. The summed E-state index contributed by atoms with van der Waals surface area (Å²) in [4.78, 5) is 14.3. The van der Waals surface area contributed by atoms with Crippen LogP contribution in [0.1, 0.15) is 15.9 Å². The van der Waals surface area contributed by atoms with Crippen LogP contribution in [-0.2, 0) is 5.92 Å². The van der Waals surface area contributed by atoms with Crippen LogP contribution in [0.25, 0.3) is 0 Å². The molecule has 1 heterocycles. The van der Waals surface area contributed by atoms with Crippen molar-refractivity contribution in [3.8, 4) is 11.6 Å². The number of halogens is 6. The highest BCUT2D eigenvalue weighted by Crippen LogP contribution is 2.44. The lowest BCUT2D eigenvalue weighted by Gasteiger charge is -2.19. The van der Waals surface area contributed by atoms with Gasteiger partial charge in [0.15, 0.2) is 5.82 Å². The number of carbonyl (C=O) groups excluding carboxylic acids is 1. The molecule has 0 fully saturated rings. The van der Waals surface area contributed by atoms with E-state index in [4.69, 9.17) is 10.5 Å². The zero-order valence-corrected chi connectivity index (χ0v) is 11.6. The summed E-state index contributed by atoms with van der Waals surface area (Å²) >= 11 is 0. The molecule has 2 N–H and O–H groups in total. The normalized spacial score (nSPS) is 12.1. The highest BCUT2D eigenvalue weighted by Gasteiger charge is 2.58. The first-order chi connectivity index (χ1) is 11.0. The van der Waals surface area contributed by atoms with Crippen LogP contribution in [0, 0.1) is 5.82 Å². The fourth-order valence-corrected chi connectivity index (χ4v) is 1.64. The molecule has 1 amide bonds. The molecular weight excluding hydrogens is 342 g/mol. The third-order valence-corrected chi connectivity index (χ3v) is 2.88. The third-order valence-electron chi connectivity index (χ3n) is 2.88. The van der Waals surface area contributed by atoms with Gasteiger partial charge in [-0.15, -0.1) is 0 Å². The Hall–Kier alpha value is -2.78. The van der Waals surface area contributed by atoms with Crippen LogP contribution >= 0.6 is 0 Å². The first kappa shape index (κ1) is 17.6. The number of hydrogen-bond acceptors (Lipinski definition) is 3. The van der Waals surface area contributed by atoms with Crippen LogP contribution in [0.4, 0.5) is 26.3 Å². The molecule has 1 aromatic carbocycles. The summed E-state index contributed by atoms with van der Waals surface area (Å²) in [5.74, 6) is -7.84. The molecular formula is C14H8F6N2O2. The maximum absolute atomic E-state index is 13.7. The largest absolute Gasteiger partial charge is 0.458 e. The van der Waals surface area contributed by atoms with Crippen molar-refractivity contribution in [3.63, 3.8) is 0 Å². The Bertz CT molecular complexity index is 759. The Labute approximate surface area is 130 Å². The smallest absolute Gasteiger partial charge is 0.436 e. The molecule has 0 saturated carbocycles. The number of hydrogen-bond donors (Lipinski definition) is 1. The lowest BCUT2D eigenvalue weighted by Crippen LogP contribution is -2.33. The number of rotatable bonds is 4. The summed E-state index contributed by atoms with van der Waals surface area (Å²) in [6.45, 7) is 0. The number of nitrogens with zero attached hydrogens (tertiary/aromatic N) is 1. The second-order valence-corrected chi connectivity index (χ2v) is 4.57. The first-order valence-corrected chi connectivity index (χ1v) is 6.20. The van der Waals surface area contributed by atoms with Crippen molar-refractivity contribution < 1.29 is 35.9 Å². The van der Waals surface area contributed by atoms with E-state index in [1.807, 2.05) is 0 Å². The summed E-state index contributed by atoms with van der Waals surface area (Å²) in [5.41, 5.74) is 3.41. The predicted molar refractivity (Wildman–Crippen MR) is 69.2 cm³/mol. The standard InChI is InChI=1S/C14H8F6N2O2/c15-10-5-7(11(21)23)6-22-12(10)24-9-3-1-8(2-4-9)13(16,17)14(18,19)20/h1-6H,(H2,21,23). The molecule has 2 aromatic rings. The summed E-state index contributed by atoms with van der Waals surface area (Å²) in [7, 11) is 0. The zero-order valence-electron chi connectivity index (χ0n) is 11.6. The minimum absolute atomic E-state index is 0.222. The molecule has 1 aromatic heterocycles. The Morgan fingerprint density at radius 2 is 1.67 bits per heavy atom. The zero-order chi connectivity index (χ0) is 18.1. The van der Waals surface area contributed by atoms with Gasteiger partial charge < -0.3 is 10.5 Å². The van der Waals surface area contributed by atoms with Gasteiger partial charge in [-0.2, -0.15) is 22.0 Å². The molecule has 128 valence electrons. The van der Waals surface area contributed by atoms with Gasteiger partial charge >= 0.3 is 12.1 Å². The summed E-state index contributed by atoms with van der Waals surface area (Å²) in [6.07, 6.45) is -4.82. The van der Waals surface area contributed by atoms with E-state index in [1.165, 1.54) is 0 Å². The molecule has 0 bridgehead atoms. The number of ether oxygens (including phenoxy) is 1. The minimum atomic E-state index is -5.74. The van der Waals surface area contributed by atoms with Crippen LogP contribution in [0.3, 0.4) is 0 Å². The molecule has 24 heavy (non-hydrogen) atoms. The van der Waals surface area contributed by atoms with E-state index in [-0.39, 0.29) is 11.3 Å². The molecule has 0 aliphatic heterocycles. The van der Waals surface area contributed by atoms with E-state index in [0.717, 1.165) is 24.4 Å². The Kier molecular flexibility index (Phi) is 4.41. The number of nitrogens with two attached hydrogens (primary N) is 1. The molecule has 10 heteroatoms. The molecule has 0 aliphatic carbocycles. The van der Waals surface area contributed by atoms with Crippen LogP contribution in [0.2, 0.25) is 0 Å². The number of pyridine rings is 1. The average Bonchev–Trinajstić information content (AvgIpc) is 2.48. The van der Waals surface area contributed by atoms with Gasteiger partial charge in [0.1, 0.15) is 5.75 Å². The van der Waals surface area contributed by atoms with Crippen molar-refractivity contribution in [2.75, 3.05) is 0 Å². The number of benzene rings is 1. The molecule has 0 radical (unpaired) electrons. The summed E-state index contributed by atoms with van der Waals surface area (Å²) in [5, 5.41) is 0. The van der Waals surface area contributed by atoms with Crippen LogP contribution in [-0.4, -0.2) is 17.1 Å². The topological polar surface area (TPSA) is 65.2 Å². The number of amides is 1. The minimum Gasteiger partial charge on any atom is -0.436 e. The van der Waals surface area contributed by atoms with Crippen molar-refractivity contribution in [2.24, 2.45) is 5.73 Å². The van der Waals surface area contributed by atoms with Crippen LogP contribution < -0.4 is 10.5 Å². The van der Waals surface area contributed by atoms with Gasteiger partial charge in [0.25, 0.3) is 5.88 Å². The number of alkyl halides is 5. The SMILES string of the molecule is NC(=O)c1cnc(Oc2ccc(C(F)(F)C(F)(F)F)cc2)c(F)c1. The predicted octanol–water partition coefficient (Wildman–Crippen LogP) is 3.77. The lowest BCUT2D eigenvalue weighted by molar-refractivity contribution is -0.289. The van der Waals surface area contributed by atoms with E-state index < -0.39 is 35.3 Å². The van der Waals surface area contributed by atoms with Gasteiger partial charge in [0.05, 0.1) is 5.56 Å². The van der Waals surface area contributed by atoms with Crippen molar-refractivity contribution in [1.29, 1.82) is 0 Å². The molecule has 2 rings (SSSR count).